The van der Waals surface area contributed by atoms with Gasteiger partial charge < -0.3 is 5.11 Å². The third kappa shape index (κ3) is 2.62. The highest BCUT2D eigenvalue weighted by Gasteiger charge is 2.10. The van der Waals surface area contributed by atoms with E-state index in [0.717, 1.165) is 5.56 Å². The third-order valence-corrected chi connectivity index (χ3v) is 2.67. The van der Waals surface area contributed by atoms with Gasteiger partial charge in [-0.05, 0) is 23.8 Å². The van der Waals surface area contributed by atoms with Gasteiger partial charge in [0.1, 0.15) is 6.10 Å². The third-order valence-electron chi connectivity index (χ3n) is 2.42. The minimum atomic E-state index is -0.567. The molecule has 1 aromatic heterocycles. The summed E-state index contributed by atoms with van der Waals surface area (Å²) in [6.07, 6.45) is 1.80. The molecule has 2 rings (SSSR count). The Bertz CT molecular complexity index is 464. The zero-order valence-corrected chi connectivity index (χ0v) is 9.72. The van der Waals surface area contributed by atoms with Crippen LogP contribution in [0, 0.1) is 0 Å². The Morgan fingerprint density at radius 2 is 2.00 bits per heavy atom. The first-order chi connectivity index (χ1) is 7.65. The maximum absolute atomic E-state index is 9.95. The van der Waals surface area contributed by atoms with Gasteiger partial charge in [0.15, 0.2) is 0 Å². The van der Waals surface area contributed by atoms with Crippen molar-refractivity contribution in [3.63, 3.8) is 0 Å². The second-order valence-corrected chi connectivity index (χ2v) is 4.20. The maximum atomic E-state index is 9.95. The molecule has 4 heteroatoms. The minimum absolute atomic E-state index is 0.550. The summed E-state index contributed by atoms with van der Waals surface area (Å²) < 4.78 is 1.68. The molecule has 0 aliphatic heterocycles. The monoisotopic (exact) mass is 236 g/mol. The lowest BCUT2D eigenvalue weighted by Crippen LogP contribution is -2.03. The SMILES string of the molecule is Cn1ccc(C(O)Cc2ccc(Cl)cc2)n1. The Morgan fingerprint density at radius 3 is 2.56 bits per heavy atom. The first-order valence-electron chi connectivity index (χ1n) is 5.07. The molecule has 1 heterocycles. The van der Waals surface area contributed by atoms with Crippen molar-refractivity contribution in [2.24, 2.45) is 7.05 Å². The average Bonchev–Trinajstić information content (AvgIpc) is 2.68. The quantitative estimate of drug-likeness (QED) is 0.889. The molecule has 0 aliphatic rings. The molecule has 0 saturated heterocycles. The predicted molar refractivity (Wildman–Crippen MR) is 63.3 cm³/mol. The van der Waals surface area contributed by atoms with Crippen LogP contribution in [0.3, 0.4) is 0 Å². The molecular formula is C12H13ClN2O. The Morgan fingerprint density at radius 1 is 1.31 bits per heavy atom. The van der Waals surface area contributed by atoms with Gasteiger partial charge in [-0.15, -0.1) is 0 Å². The molecule has 1 unspecified atom stereocenters. The van der Waals surface area contributed by atoms with Gasteiger partial charge in [-0.1, -0.05) is 23.7 Å². The zero-order chi connectivity index (χ0) is 11.5. The van der Waals surface area contributed by atoms with Crippen LogP contribution >= 0.6 is 11.6 Å². The van der Waals surface area contributed by atoms with Crippen LogP contribution < -0.4 is 0 Å². The molecule has 3 nitrogen and oxygen atoms in total. The number of hydrogen-bond acceptors (Lipinski definition) is 2. The Kier molecular flexibility index (Phi) is 3.27. The highest BCUT2D eigenvalue weighted by Crippen LogP contribution is 2.17. The van der Waals surface area contributed by atoms with E-state index < -0.39 is 6.10 Å². The van der Waals surface area contributed by atoms with Crippen molar-refractivity contribution >= 4 is 11.6 Å². The topological polar surface area (TPSA) is 38.0 Å². The lowest BCUT2D eigenvalue weighted by atomic mass is 10.1. The number of hydrogen-bond donors (Lipinski definition) is 1. The van der Waals surface area contributed by atoms with E-state index in [9.17, 15) is 5.11 Å². The number of halogens is 1. The fourth-order valence-electron chi connectivity index (χ4n) is 1.56. The zero-order valence-electron chi connectivity index (χ0n) is 8.97. The standard InChI is InChI=1S/C12H13ClN2O/c1-15-7-6-11(14-15)12(16)8-9-2-4-10(13)5-3-9/h2-7,12,16H,8H2,1H3. The molecular weight excluding hydrogens is 224 g/mol. The molecule has 1 atom stereocenters. The number of benzene rings is 1. The van der Waals surface area contributed by atoms with Crippen LogP contribution in [0.4, 0.5) is 0 Å². The summed E-state index contributed by atoms with van der Waals surface area (Å²) in [4.78, 5) is 0. The molecule has 0 radical (unpaired) electrons. The molecule has 0 saturated carbocycles. The van der Waals surface area contributed by atoms with Gasteiger partial charge in [0.2, 0.25) is 0 Å². The summed E-state index contributed by atoms with van der Waals surface area (Å²) in [5.41, 5.74) is 1.74. The van der Waals surface area contributed by atoms with Crippen molar-refractivity contribution in [3.8, 4) is 0 Å². The van der Waals surface area contributed by atoms with Gasteiger partial charge >= 0.3 is 0 Å². The Hall–Kier alpha value is -1.32. The van der Waals surface area contributed by atoms with E-state index in [1.54, 1.807) is 4.68 Å². The first-order valence-corrected chi connectivity index (χ1v) is 5.45. The van der Waals surface area contributed by atoms with Gasteiger partial charge in [0.25, 0.3) is 0 Å². The summed E-state index contributed by atoms with van der Waals surface area (Å²) >= 11 is 5.79. The summed E-state index contributed by atoms with van der Waals surface area (Å²) in [5, 5.41) is 14.8. The van der Waals surface area contributed by atoms with Crippen LogP contribution in [-0.4, -0.2) is 14.9 Å². The molecule has 84 valence electrons. The second-order valence-electron chi connectivity index (χ2n) is 3.76. The molecule has 16 heavy (non-hydrogen) atoms. The molecule has 2 aromatic rings. The number of nitrogens with zero attached hydrogens (tertiary/aromatic N) is 2. The highest BCUT2D eigenvalue weighted by atomic mass is 35.5. The maximum Gasteiger partial charge on any atom is 0.102 e. The van der Waals surface area contributed by atoms with E-state index in [2.05, 4.69) is 5.10 Å². The van der Waals surface area contributed by atoms with Gasteiger partial charge in [-0.3, -0.25) is 4.68 Å². The summed E-state index contributed by atoms with van der Waals surface area (Å²) in [7, 11) is 1.83. The van der Waals surface area contributed by atoms with Crippen molar-refractivity contribution in [3.05, 3.63) is 52.8 Å². The molecule has 1 aromatic carbocycles. The number of aliphatic hydroxyl groups is 1. The summed E-state index contributed by atoms with van der Waals surface area (Å²) in [6, 6.07) is 9.29. The fourth-order valence-corrected chi connectivity index (χ4v) is 1.69. The number of aryl methyl sites for hydroxylation is 1. The highest BCUT2D eigenvalue weighted by molar-refractivity contribution is 6.30. The molecule has 0 aliphatic carbocycles. The van der Waals surface area contributed by atoms with Crippen LogP contribution in [0.5, 0.6) is 0 Å². The van der Waals surface area contributed by atoms with Crippen LogP contribution in [0.25, 0.3) is 0 Å². The van der Waals surface area contributed by atoms with E-state index in [0.29, 0.717) is 17.1 Å². The van der Waals surface area contributed by atoms with E-state index in [-0.39, 0.29) is 0 Å². The molecule has 0 spiro atoms. The molecule has 1 N–H and O–H groups in total. The van der Waals surface area contributed by atoms with Crippen molar-refractivity contribution in [1.82, 2.24) is 9.78 Å². The predicted octanol–water partition coefficient (Wildman–Crippen LogP) is 2.35. The number of aliphatic hydroxyl groups excluding tert-OH is 1. The van der Waals surface area contributed by atoms with Crippen molar-refractivity contribution in [2.75, 3.05) is 0 Å². The van der Waals surface area contributed by atoms with Gasteiger partial charge in [-0.2, -0.15) is 5.10 Å². The van der Waals surface area contributed by atoms with Gasteiger partial charge in [0, 0.05) is 24.7 Å². The lowest BCUT2D eigenvalue weighted by molar-refractivity contribution is 0.173. The molecule has 0 amide bonds. The van der Waals surface area contributed by atoms with Crippen LogP contribution in [0.15, 0.2) is 36.5 Å². The van der Waals surface area contributed by atoms with Crippen molar-refractivity contribution in [1.29, 1.82) is 0 Å². The van der Waals surface area contributed by atoms with E-state index in [1.165, 1.54) is 0 Å². The smallest absolute Gasteiger partial charge is 0.102 e. The van der Waals surface area contributed by atoms with E-state index in [4.69, 9.17) is 11.6 Å². The molecule has 0 bridgehead atoms. The minimum Gasteiger partial charge on any atom is -0.386 e. The number of aromatic nitrogens is 2. The van der Waals surface area contributed by atoms with Gasteiger partial charge in [0.05, 0.1) is 5.69 Å². The second kappa shape index (κ2) is 4.68. The van der Waals surface area contributed by atoms with E-state index >= 15 is 0 Å². The van der Waals surface area contributed by atoms with Crippen LogP contribution in [-0.2, 0) is 13.5 Å². The van der Waals surface area contributed by atoms with Crippen molar-refractivity contribution in [2.45, 2.75) is 12.5 Å². The Labute approximate surface area is 99.3 Å². The Balaban J connectivity index is 2.07. The first kappa shape index (κ1) is 11.2. The largest absolute Gasteiger partial charge is 0.386 e. The molecule has 0 fully saturated rings. The van der Waals surface area contributed by atoms with Crippen molar-refractivity contribution < 1.29 is 5.11 Å². The fraction of sp³-hybridized carbons (Fsp3) is 0.250. The number of rotatable bonds is 3. The van der Waals surface area contributed by atoms with Crippen LogP contribution in [0.2, 0.25) is 5.02 Å². The lowest BCUT2D eigenvalue weighted by Gasteiger charge is -2.07. The average molecular weight is 237 g/mol. The summed E-state index contributed by atoms with van der Waals surface area (Å²) in [5.74, 6) is 0. The normalized spacial score (nSPS) is 12.7. The van der Waals surface area contributed by atoms with E-state index in [1.807, 2.05) is 43.6 Å². The van der Waals surface area contributed by atoms with Gasteiger partial charge in [-0.25, -0.2) is 0 Å². The van der Waals surface area contributed by atoms with Crippen LogP contribution in [0.1, 0.15) is 17.4 Å². The summed E-state index contributed by atoms with van der Waals surface area (Å²) in [6.45, 7) is 0.